The molecule has 0 spiro atoms. The third-order valence-corrected chi connectivity index (χ3v) is 4.82. The predicted octanol–water partition coefficient (Wildman–Crippen LogP) is 2.42. The van der Waals surface area contributed by atoms with Gasteiger partial charge in [-0.1, -0.05) is 5.16 Å². The Labute approximate surface area is 129 Å². The Kier molecular flexibility index (Phi) is 4.32. The monoisotopic (exact) mass is 326 g/mol. The molecule has 1 N–H and O–H groups in total. The fourth-order valence-electron chi connectivity index (χ4n) is 2.14. The fourth-order valence-corrected chi connectivity index (χ4v) is 3.60. The van der Waals surface area contributed by atoms with Crippen LogP contribution in [0.25, 0.3) is 0 Å². The van der Waals surface area contributed by atoms with Crippen LogP contribution in [-0.4, -0.2) is 27.8 Å². The first-order chi connectivity index (χ1) is 10.3. The number of rotatable bonds is 5. The van der Waals surface area contributed by atoms with E-state index in [1.807, 2.05) is 0 Å². The maximum Gasteiger partial charge on any atom is 0.267 e. The van der Waals surface area contributed by atoms with Gasteiger partial charge in [0.25, 0.3) is 10.0 Å². The summed E-state index contributed by atoms with van der Waals surface area (Å²) >= 11 is 0. The minimum Gasteiger partial charge on any atom is -0.493 e. The molecule has 0 bridgehead atoms. The van der Waals surface area contributed by atoms with Gasteiger partial charge in [0.15, 0.2) is 22.2 Å². The number of aromatic nitrogens is 1. The summed E-state index contributed by atoms with van der Waals surface area (Å²) in [6.07, 6.45) is 0. The van der Waals surface area contributed by atoms with Crippen molar-refractivity contribution in [3.63, 3.8) is 0 Å². The number of methoxy groups -OCH3 is 2. The third-order valence-electron chi connectivity index (χ3n) is 3.21. The van der Waals surface area contributed by atoms with Crippen LogP contribution in [0, 0.1) is 20.8 Å². The second-order valence-electron chi connectivity index (χ2n) is 4.78. The minimum absolute atomic E-state index is 0.0432. The number of nitrogens with one attached hydrogen (secondary N) is 1. The highest BCUT2D eigenvalue weighted by molar-refractivity contribution is 7.92. The van der Waals surface area contributed by atoms with Crippen molar-refractivity contribution in [2.75, 3.05) is 18.9 Å². The average molecular weight is 326 g/mol. The van der Waals surface area contributed by atoms with E-state index in [0.717, 1.165) is 0 Å². The molecule has 0 saturated carbocycles. The molecule has 2 rings (SSSR count). The number of nitrogens with zero attached hydrogens (tertiary/aromatic N) is 1. The number of hydrogen-bond acceptors (Lipinski definition) is 6. The third kappa shape index (κ3) is 2.87. The topological polar surface area (TPSA) is 90.7 Å². The maximum absolute atomic E-state index is 12.5. The van der Waals surface area contributed by atoms with Crippen LogP contribution in [0.2, 0.25) is 0 Å². The van der Waals surface area contributed by atoms with E-state index >= 15 is 0 Å². The number of benzene rings is 1. The summed E-state index contributed by atoms with van der Waals surface area (Å²) in [6, 6.07) is 3.27. The van der Waals surface area contributed by atoms with Gasteiger partial charge in [0.2, 0.25) is 0 Å². The second kappa shape index (κ2) is 5.88. The van der Waals surface area contributed by atoms with Gasteiger partial charge in [0.1, 0.15) is 5.69 Å². The molecule has 1 aromatic carbocycles. The molecule has 1 heterocycles. The van der Waals surface area contributed by atoms with E-state index in [1.54, 1.807) is 32.9 Å². The fraction of sp³-hybridized carbons (Fsp3) is 0.357. The molecule has 1 aromatic heterocycles. The number of hydrogen-bond donors (Lipinski definition) is 1. The molecule has 0 aliphatic heterocycles. The van der Waals surface area contributed by atoms with Crippen LogP contribution in [-0.2, 0) is 10.0 Å². The summed E-state index contributed by atoms with van der Waals surface area (Å²) in [7, 11) is -0.796. The number of aryl methyl sites for hydroxylation is 3. The molecule has 7 nitrogen and oxygen atoms in total. The number of ether oxygens (including phenoxy) is 2. The first kappa shape index (κ1) is 16.2. The van der Waals surface area contributed by atoms with Crippen molar-refractivity contribution < 1.29 is 22.4 Å². The molecule has 0 saturated heterocycles. The summed E-state index contributed by atoms with van der Waals surface area (Å²) in [5.74, 6) is 1.20. The Morgan fingerprint density at radius 1 is 1.09 bits per heavy atom. The quantitative estimate of drug-likeness (QED) is 0.907. The number of sulfonamides is 1. The SMILES string of the molecule is COc1cc(C)c(NS(=O)(=O)c2c(C)noc2C)cc1OC. The lowest BCUT2D eigenvalue weighted by Crippen LogP contribution is -2.15. The van der Waals surface area contributed by atoms with Gasteiger partial charge in [0.05, 0.1) is 19.9 Å². The van der Waals surface area contributed by atoms with E-state index in [2.05, 4.69) is 9.88 Å². The van der Waals surface area contributed by atoms with Gasteiger partial charge in [-0.3, -0.25) is 4.72 Å². The number of anilines is 1. The Morgan fingerprint density at radius 3 is 2.18 bits per heavy atom. The zero-order valence-electron chi connectivity index (χ0n) is 13.1. The van der Waals surface area contributed by atoms with Crippen LogP contribution < -0.4 is 14.2 Å². The molecule has 0 atom stereocenters. The highest BCUT2D eigenvalue weighted by Crippen LogP contribution is 2.34. The zero-order valence-corrected chi connectivity index (χ0v) is 13.9. The Hall–Kier alpha value is -2.22. The highest BCUT2D eigenvalue weighted by atomic mass is 32.2. The van der Waals surface area contributed by atoms with Crippen LogP contribution in [0.4, 0.5) is 5.69 Å². The molecule has 8 heteroatoms. The molecule has 0 fully saturated rings. The van der Waals surface area contributed by atoms with E-state index in [-0.39, 0.29) is 10.7 Å². The van der Waals surface area contributed by atoms with E-state index < -0.39 is 10.0 Å². The lowest BCUT2D eigenvalue weighted by atomic mass is 10.2. The van der Waals surface area contributed by atoms with Crippen LogP contribution >= 0.6 is 0 Å². The van der Waals surface area contributed by atoms with Gasteiger partial charge in [0, 0.05) is 6.07 Å². The Balaban J connectivity index is 2.46. The van der Waals surface area contributed by atoms with E-state index in [0.29, 0.717) is 28.4 Å². The van der Waals surface area contributed by atoms with E-state index in [1.165, 1.54) is 14.2 Å². The first-order valence-corrected chi connectivity index (χ1v) is 7.96. The van der Waals surface area contributed by atoms with Crippen molar-refractivity contribution in [3.05, 3.63) is 29.2 Å². The van der Waals surface area contributed by atoms with Crippen LogP contribution in [0.1, 0.15) is 17.0 Å². The Morgan fingerprint density at radius 2 is 1.68 bits per heavy atom. The van der Waals surface area contributed by atoms with Gasteiger partial charge < -0.3 is 14.0 Å². The van der Waals surface area contributed by atoms with Gasteiger partial charge in [-0.25, -0.2) is 8.42 Å². The van der Waals surface area contributed by atoms with Crippen molar-refractivity contribution in [1.29, 1.82) is 0 Å². The average Bonchev–Trinajstić information content (AvgIpc) is 2.80. The molecule has 0 amide bonds. The van der Waals surface area contributed by atoms with E-state index in [9.17, 15) is 8.42 Å². The largest absolute Gasteiger partial charge is 0.493 e. The van der Waals surface area contributed by atoms with Crippen molar-refractivity contribution >= 4 is 15.7 Å². The van der Waals surface area contributed by atoms with Crippen LogP contribution in [0.15, 0.2) is 21.6 Å². The van der Waals surface area contributed by atoms with E-state index in [4.69, 9.17) is 14.0 Å². The molecule has 0 aliphatic rings. The van der Waals surface area contributed by atoms with Gasteiger partial charge in [-0.05, 0) is 32.4 Å². The summed E-state index contributed by atoms with van der Waals surface area (Å²) < 4.78 is 42.9. The maximum atomic E-state index is 12.5. The predicted molar refractivity (Wildman–Crippen MR) is 81.1 cm³/mol. The molecule has 0 unspecified atom stereocenters. The molecule has 22 heavy (non-hydrogen) atoms. The summed E-state index contributed by atoms with van der Waals surface area (Å²) in [5, 5.41) is 3.67. The lowest BCUT2D eigenvalue weighted by molar-refractivity contribution is 0.355. The molecule has 0 radical (unpaired) electrons. The highest BCUT2D eigenvalue weighted by Gasteiger charge is 2.25. The first-order valence-electron chi connectivity index (χ1n) is 6.48. The standard InChI is InChI=1S/C14H18N2O5S/c1-8-6-12(19-4)13(20-5)7-11(8)16-22(17,18)14-9(2)15-21-10(14)3/h6-7,16H,1-5H3. The smallest absolute Gasteiger partial charge is 0.267 e. The van der Waals surface area contributed by atoms with Gasteiger partial charge >= 0.3 is 0 Å². The van der Waals surface area contributed by atoms with Crippen LogP contribution in [0.5, 0.6) is 11.5 Å². The van der Waals surface area contributed by atoms with Gasteiger partial charge in [-0.2, -0.15) is 0 Å². The van der Waals surface area contributed by atoms with Crippen molar-refractivity contribution in [2.45, 2.75) is 25.7 Å². The summed E-state index contributed by atoms with van der Waals surface area (Å²) in [5.41, 5.74) is 1.41. The summed E-state index contributed by atoms with van der Waals surface area (Å²) in [6.45, 7) is 4.90. The van der Waals surface area contributed by atoms with Crippen molar-refractivity contribution in [2.24, 2.45) is 0 Å². The lowest BCUT2D eigenvalue weighted by Gasteiger charge is -2.14. The van der Waals surface area contributed by atoms with Gasteiger partial charge in [-0.15, -0.1) is 0 Å². The molecular weight excluding hydrogens is 308 g/mol. The zero-order chi connectivity index (χ0) is 16.5. The normalized spacial score (nSPS) is 11.3. The van der Waals surface area contributed by atoms with Crippen molar-refractivity contribution in [1.82, 2.24) is 5.16 Å². The van der Waals surface area contributed by atoms with Crippen molar-refractivity contribution in [3.8, 4) is 11.5 Å². The second-order valence-corrected chi connectivity index (χ2v) is 6.40. The molecule has 120 valence electrons. The molecule has 2 aromatic rings. The Bertz CT molecular complexity index is 776. The minimum atomic E-state index is -3.80. The van der Waals surface area contributed by atoms with Crippen LogP contribution in [0.3, 0.4) is 0 Å². The molecule has 0 aliphatic carbocycles. The summed E-state index contributed by atoms with van der Waals surface area (Å²) in [4.78, 5) is 0.0432. The molecular formula is C14H18N2O5S.